The second-order valence-electron chi connectivity index (χ2n) is 3.61. The standard InChI is InChI=1S/C9H15N3O/c1-11-2-4-12(5-3-11)7-9-6-10-13-8-9/h6,8H,2-5,7H2,1H3. The van der Waals surface area contributed by atoms with Crippen LogP contribution in [0.3, 0.4) is 0 Å². The van der Waals surface area contributed by atoms with E-state index in [4.69, 9.17) is 4.52 Å². The highest BCUT2D eigenvalue weighted by Gasteiger charge is 2.13. The minimum Gasteiger partial charge on any atom is -0.364 e. The van der Waals surface area contributed by atoms with Crippen LogP contribution in [0, 0.1) is 0 Å². The van der Waals surface area contributed by atoms with Crippen LogP contribution in [0.4, 0.5) is 0 Å². The highest BCUT2D eigenvalue weighted by Crippen LogP contribution is 2.06. The van der Waals surface area contributed by atoms with Crippen molar-refractivity contribution in [2.75, 3.05) is 33.2 Å². The Hall–Kier alpha value is -0.870. The average Bonchev–Trinajstić information content (AvgIpc) is 2.62. The topological polar surface area (TPSA) is 32.5 Å². The SMILES string of the molecule is CN1CCN(Cc2cnoc2)CC1. The number of hydrogen-bond donors (Lipinski definition) is 0. The first kappa shape index (κ1) is 8.72. The Labute approximate surface area is 78.1 Å². The maximum atomic E-state index is 4.79. The minimum atomic E-state index is 0.970. The van der Waals surface area contributed by atoms with Crippen molar-refractivity contribution in [3.63, 3.8) is 0 Å². The Morgan fingerprint density at radius 1 is 1.38 bits per heavy atom. The lowest BCUT2D eigenvalue weighted by Crippen LogP contribution is -2.43. The largest absolute Gasteiger partial charge is 0.364 e. The first-order valence-corrected chi connectivity index (χ1v) is 4.64. The average molecular weight is 181 g/mol. The van der Waals surface area contributed by atoms with E-state index in [2.05, 4.69) is 22.0 Å². The van der Waals surface area contributed by atoms with Crippen molar-refractivity contribution in [1.82, 2.24) is 15.0 Å². The molecule has 4 nitrogen and oxygen atoms in total. The molecule has 0 amide bonds. The maximum Gasteiger partial charge on any atom is 0.128 e. The van der Waals surface area contributed by atoms with Crippen molar-refractivity contribution in [3.05, 3.63) is 18.0 Å². The predicted molar refractivity (Wildman–Crippen MR) is 49.3 cm³/mol. The summed E-state index contributed by atoms with van der Waals surface area (Å²) in [5.41, 5.74) is 1.17. The van der Waals surface area contributed by atoms with Gasteiger partial charge in [0.2, 0.25) is 0 Å². The number of aromatic nitrogens is 1. The van der Waals surface area contributed by atoms with Gasteiger partial charge in [-0.3, -0.25) is 4.90 Å². The quantitative estimate of drug-likeness (QED) is 0.662. The molecule has 0 saturated carbocycles. The zero-order chi connectivity index (χ0) is 9.10. The molecule has 2 rings (SSSR count). The summed E-state index contributed by atoms with van der Waals surface area (Å²) >= 11 is 0. The Balaban J connectivity index is 1.83. The molecule has 0 aliphatic carbocycles. The fourth-order valence-corrected chi connectivity index (χ4v) is 1.57. The van der Waals surface area contributed by atoms with Gasteiger partial charge in [-0.25, -0.2) is 0 Å². The Bertz CT molecular complexity index is 239. The molecule has 2 heterocycles. The summed E-state index contributed by atoms with van der Waals surface area (Å²) in [4.78, 5) is 4.77. The van der Waals surface area contributed by atoms with Gasteiger partial charge in [-0.2, -0.15) is 0 Å². The van der Waals surface area contributed by atoms with Gasteiger partial charge >= 0.3 is 0 Å². The van der Waals surface area contributed by atoms with Gasteiger partial charge in [-0.05, 0) is 7.05 Å². The van der Waals surface area contributed by atoms with Gasteiger partial charge in [0.25, 0.3) is 0 Å². The highest BCUT2D eigenvalue weighted by molar-refractivity contribution is 5.00. The first-order valence-electron chi connectivity index (χ1n) is 4.64. The van der Waals surface area contributed by atoms with Gasteiger partial charge < -0.3 is 9.42 Å². The molecule has 0 aromatic carbocycles. The summed E-state index contributed by atoms with van der Waals surface area (Å²) in [5, 5.41) is 3.69. The molecule has 4 heteroatoms. The molecule has 1 aromatic rings. The van der Waals surface area contributed by atoms with Crippen LogP contribution in [-0.2, 0) is 6.54 Å². The van der Waals surface area contributed by atoms with E-state index in [0.29, 0.717) is 0 Å². The summed E-state index contributed by atoms with van der Waals surface area (Å²) in [6, 6.07) is 0. The summed E-state index contributed by atoms with van der Waals surface area (Å²) in [6.45, 7) is 5.57. The molecule has 1 aromatic heterocycles. The lowest BCUT2D eigenvalue weighted by molar-refractivity contribution is 0.148. The Kier molecular flexibility index (Phi) is 2.61. The van der Waals surface area contributed by atoms with Gasteiger partial charge in [0, 0.05) is 38.3 Å². The van der Waals surface area contributed by atoms with Crippen molar-refractivity contribution >= 4 is 0 Å². The molecular weight excluding hydrogens is 166 g/mol. The van der Waals surface area contributed by atoms with E-state index in [1.165, 1.54) is 5.56 Å². The lowest BCUT2D eigenvalue weighted by Gasteiger charge is -2.31. The molecule has 0 atom stereocenters. The molecule has 13 heavy (non-hydrogen) atoms. The summed E-state index contributed by atoms with van der Waals surface area (Å²) in [7, 11) is 2.16. The van der Waals surface area contributed by atoms with Crippen LogP contribution < -0.4 is 0 Å². The zero-order valence-corrected chi connectivity index (χ0v) is 7.94. The second-order valence-corrected chi connectivity index (χ2v) is 3.61. The Morgan fingerprint density at radius 2 is 2.15 bits per heavy atom. The molecule has 0 radical (unpaired) electrons. The van der Waals surface area contributed by atoms with E-state index < -0.39 is 0 Å². The van der Waals surface area contributed by atoms with Crippen LogP contribution in [0.15, 0.2) is 17.0 Å². The van der Waals surface area contributed by atoms with Gasteiger partial charge in [0.1, 0.15) is 6.26 Å². The van der Waals surface area contributed by atoms with E-state index in [1.54, 1.807) is 12.5 Å². The van der Waals surface area contributed by atoms with Crippen LogP contribution in [0.25, 0.3) is 0 Å². The third-order valence-electron chi connectivity index (χ3n) is 2.49. The molecule has 1 aliphatic rings. The first-order chi connectivity index (χ1) is 6.34. The predicted octanol–water partition coefficient (Wildman–Crippen LogP) is 0.422. The van der Waals surface area contributed by atoms with E-state index in [0.717, 1.165) is 32.7 Å². The molecular formula is C9H15N3O. The second kappa shape index (κ2) is 3.89. The summed E-state index contributed by atoms with van der Waals surface area (Å²) in [6.07, 6.45) is 3.51. The number of hydrogen-bond acceptors (Lipinski definition) is 4. The molecule has 1 saturated heterocycles. The van der Waals surface area contributed by atoms with Gasteiger partial charge in [-0.15, -0.1) is 0 Å². The highest BCUT2D eigenvalue weighted by atomic mass is 16.5. The normalized spacial score (nSPS) is 20.7. The van der Waals surface area contributed by atoms with E-state index >= 15 is 0 Å². The molecule has 0 N–H and O–H groups in total. The fourth-order valence-electron chi connectivity index (χ4n) is 1.57. The van der Waals surface area contributed by atoms with E-state index in [9.17, 15) is 0 Å². The maximum absolute atomic E-state index is 4.79. The van der Waals surface area contributed by atoms with Crippen molar-refractivity contribution in [2.24, 2.45) is 0 Å². The van der Waals surface area contributed by atoms with E-state index in [1.807, 2.05) is 0 Å². The molecule has 1 aliphatic heterocycles. The Morgan fingerprint density at radius 3 is 2.77 bits per heavy atom. The molecule has 0 spiro atoms. The lowest BCUT2D eigenvalue weighted by atomic mass is 10.3. The smallest absolute Gasteiger partial charge is 0.128 e. The summed E-state index contributed by atoms with van der Waals surface area (Å²) < 4.78 is 4.79. The van der Waals surface area contributed by atoms with Crippen molar-refractivity contribution < 1.29 is 4.52 Å². The number of piperazine rings is 1. The molecule has 72 valence electrons. The number of nitrogens with zero attached hydrogens (tertiary/aromatic N) is 3. The van der Waals surface area contributed by atoms with Crippen LogP contribution in [0.1, 0.15) is 5.56 Å². The van der Waals surface area contributed by atoms with Crippen molar-refractivity contribution in [3.8, 4) is 0 Å². The zero-order valence-electron chi connectivity index (χ0n) is 7.94. The molecule has 0 bridgehead atoms. The van der Waals surface area contributed by atoms with Crippen molar-refractivity contribution in [1.29, 1.82) is 0 Å². The number of likely N-dealkylation sites (N-methyl/N-ethyl adjacent to an activating group) is 1. The van der Waals surface area contributed by atoms with E-state index in [-0.39, 0.29) is 0 Å². The molecule has 1 fully saturated rings. The van der Waals surface area contributed by atoms with Crippen LogP contribution >= 0.6 is 0 Å². The molecule has 0 unspecified atom stereocenters. The van der Waals surface area contributed by atoms with Crippen LogP contribution in [0.5, 0.6) is 0 Å². The van der Waals surface area contributed by atoms with Gasteiger partial charge in [0.05, 0.1) is 6.20 Å². The number of rotatable bonds is 2. The van der Waals surface area contributed by atoms with Crippen molar-refractivity contribution in [2.45, 2.75) is 6.54 Å². The fraction of sp³-hybridized carbons (Fsp3) is 0.667. The van der Waals surface area contributed by atoms with Crippen LogP contribution in [-0.4, -0.2) is 48.2 Å². The summed E-state index contributed by atoms with van der Waals surface area (Å²) in [5.74, 6) is 0. The minimum absolute atomic E-state index is 0.970. The van der Waals surface area contributed by atoms with Crippen LogP contribution in [0.2, 0.25) is 0 Å². The third-order valence-corrected chi connectivity index (χ3v) is 2.49. The van der Waals surface area contributed by atoms with Gasteiger partial charge in [-0.1, -0.05) is 5.16 Å². The third kappa shape index (κ3) is 2.29. The van der Waals surface area contributed by atoms with Gasteiger partial charge in [0.15, 0.2) is 0 Å². The monoisotopic (exact) mass is 181 g/mol.